The summed E-state index contributed by atoms with van der Waals surface area (Å²) < 4.78 is 0. The van der Waals surface area contributed by atoms with Gasteiger partial charge in [-0.2, -0.15) is 0 Å². The lowest BCUT2D eigenvalue weighted by atomic mass is 10.0. The number of benzene rings is 2. The van der Waals surface area contributed by atoms with Gasteiger partial charge in [-0.1, -0.05) is 54.1 Å². The van der Waals surface area contributed by atoms with E-state index in [2.05, 4.69) is 24.3 Å². The van der Waals surface area contributed by atoms with Crippen LogP contribution in [0.25, 0.3) is 11.1 Å². The highest BCUT2D eigenvalue weighted by Gasteiger charge is 2.03. The molecule has 0 aliphatic carbocycles. The van der Waals surface area contributed by atoms with E-state index in [1.165, 1.54) is 5.56 Å². The Morgan fingerprint density at radius 3 is 2.33 bits per heavy atom. The second kappa shape index (κ2) is 6.03. The van der Waals surface area contributed by atoms with Crippen molar-refractivity contribution in [3.63, 3.8) is 0 Å². The van der Waals surface area contributed by atoms with Gasteiger partial charge < -0.3 is 5.11 Å². The molecule has 0 amide bonds. The van der Waals surface area contributed by atoms with E-state index in [4.69, 9.17) is 11.6 Å². The fraction of sp³-hybridized carbons (Fsp3) is 0.250. The molecule has 0 heterocycles. The van der Waals surface area contributed by atoms with Gasteiger partial charge in [0, 0.05) is 10.6 Å². The Labute approximate surface area is 113 Å². The number of halogens is 1. The Bertz CT molecular complexity index is 503. The Morgan fingerprint density at radius 1 is 1.06 bits per heavy atom. The van der Waals surface area contributed by atoms with Gasteiger partial charge >= 0.3 is 0 Å². The minimum Gasteiger partial charge on any atom is -0.393 e. The summed E-state index contributed by atoms with van der Waals surface area (Å²) in [7, 11) is 0. The zero-order chi connectivity index (χ0) is 13.0. The summed E-state index contributed by atoms with van der Waals surface area (Å²) in [6.45, 7) is 1.82. The third-order valence-corrected chi connectivity index (χ3v) is 3.32. The lowest BCUT2D eigenvalue weighted by molar-refractivity contribution is 0.185. The van der Waals surface area contributed by atoms with Gasteiger partial charge in [0.05, 0.1) is 6.10 Å². The Balaban J connectivity index is 2.15. The molecule has 0 spiro atoms. The van der Waals surface area contributed by atoms with Crippen molar-refractivity contribution >= 4 is 11.6 Å². The minimum absolute atomic E-state index is 0.242. The summed E-state index contributed by atoms with van der Waals surface area (Å²) in [5.41, 5.74) is 3.43. The first-order chi connectivity index (χ1) is 8.66. The zero-order valence-electron chi connectivity index (χ0n) is 10.4. The lowest BCUT2D eigenvalue weighted by Gasteiger charge is -2.07. The molecule has 1 unspecified atom stereocenters. The second-order valence-corrected chi connectivity index (χ2v) is 4.97. The largest absolute Gasteiger partial charge is 0.393 e. The third-order valence-electron chi connectivity index (χ3n) is 2.99. The summed E-state index contributed by atoms with van der Waals surface area (Å²) in [4.78, 5) is 0. The predicted octanol–water partition coefficient (Wildman–Crippen LogP) is 4.32. The molecule has 2 aromatic carbocycles. The Hall–Kier alpha value is -1.31. The van der Waals surface area contributed by atoms with Crippen molar-refractivity contribution in [2.75, 3.05) is 0 Å². The van der Waals surface area contributed by atoms with E-state index >= 15 is 0 Å². The number of aliphatic hydroxyl groups excluding tert-OH is 1. The molecule has 94 valence electrons. The Kier molecular flexibility index (Phi) is 4.40. The lowest BCUT2D eigenvalue weighted by Crippen LogP contribution is -2.01. The molecule has 0 fully saturated rings. The van der Waals surface area contributed by atoms with E-state index in [1.807, 2.05) is 31.2 Å². The molecule has 18 heavy (non-hydrogen) atoms. The van der Waals surface area contributed by atoms with Crippen LogP contribution in [0.15, 0.2) is 48.5 Å². The van der Waals surface area contributed by atoms with Crippen LogP contribution in [0.4, 0.5) is 0 Å². The third kappa shape index (κ3) is 3.34. The fourth-order valence-electron chi connectivity index (χ4n) is 1.92. The van der Waals surface area contributed by atoms with Gasteiger partial charge in [-0.05, 0) is 37.0 Å². The van der Waals surface area contributed by atoms with Crippen molar-refractivity contribution in [3.8, 4) is 11.1 Å². The molecule has 1 atom stereocenters. The van der Waals surface area contributed by atoms with Gasteiger partial charge in [-0.25, -0.2) is 0 Å². The van der Waals surface area contributed by atoms with Crippen LogP contribution >= 0.6 is 11.6 Å². The standard InChI is InChI=1S/C16H17ClO/c1-12(18)6-7-13-8-10-14(11-9-13)15-4-2-3-5-16(15)17/h2-5,8-12,18H,6-7H2,1H3. The van der Waals surface area contributed by atoms with E-state index in [0.29, 0.717) is 0 Å². The van der Waals surface area contributed by atoms with E-state index in [1.54, 1.807) is 0 Å². The Morgan fingerprint density at radius 2 is 1.72 bits per heavy atom. The molecular weight excluding hydrogens is 244 g/mol. The number of rotatable bonds is 4. The van der Waals surface area contributed by atoms with E-state index in [9.17, 15) is 5.11 Å². The maximum absolute atomic E-state index is 9.27. The monoisotopic (exact) mass is 260 g/mol. The topological polar surface area (TPSA) is 20.2 Å². The van der Waals surface area contributed by atoms with Crippen molar-refractivity contribution in [2.45, 2.75) is 25.9 Å². The van der Waals surface area contributed by atoms with Crippen LogP contribution in [0.3, 0.4) is 0 Å². The van der Waals surface area contributed by atoms with E-state index in [-0.39, 0.29) is 6.10 Å². The van der Waals surface area contributed by atoms with E-state index in [0.717, 1.165) is 29.0 Å². The first kappa shape index (κ1) is 13.1. The normalized spacial score (nSPS) is 12.4. The number of hydrogen-bond acceptors (Lipinski definition) is 1. The summed E-state index contributed by atoms with van der Waals surface area (Å²) in [5.74, 6) is 0. The molecule has 1 nitrogen and oxygen atoms in total. The summed E-state index contributed by atoms with van der Waals surface area (Å²) in [6.07, 6.45) is 1.46. The molecule has 2 aromatic rings. The predicted molar refractivity (Wildman–Crippen MR) is 76.9 cm³/mol. The first-order valence-electron chi connectivity index (χ1n) is 6.19. The van der Waals surface area contributed by atoms with Crippen LogP contribution in [-0.4, -0.2) is 11.2 Å². The molecule has 0 saturated heterocycles. The van der Waals surface area contributed by atoms with Crippen LogP contribution < -0.4 is 0 Å². The fourth-order valence-corrected chi connectivity index (χ4v) is 2.17. The second-order valence-electron chi connectivity index (χ2n) is 4.56. The van der Waals surface area contributed by atoms with Crippen molar-refractivity contribution in [3.05, 3.63) is 59.1 Å². The van der Waals surface area contributed by atoms with Crippen LogP contribution in [-0.2, 0) is 6.42 Å². The highest BCUT2D eigenvalue weighted by atomic mass is 35.5. The van der Waals surface area contributed by atoms with E-state index < -0.39 is 0 Å². The smallest absolute Gasteiger partial charge is 0.0515 e. The molecule has 0 bridgehead atoms. The summed E-state index contributed by atoms with van der Waals surface area (Å²) >= 11 is 6.17. The van der Waals surface area contributed by atoms with Crippen molar-refractivity contribution in [1.29, 1.82) is 0 Å². The van der Waals surface area contributed by atoms with Gasteiger partial charge in [0.1, 0.15) is 0 Å². The average Bonchev–Trinajstić information content (AvgIpc) is 2.38. The quantitative estimate of drug-likeness (QED) is 0.868. The molecule has 0 aliphatic heterocycles. The SMILES string of the molecule is CC(O)CCc1ccc(-c2ccccc2Cl)cc1. The molecule has 2 rings (SSSR count). The van der Waals surface area contributed by atoms with Crippen LogP contribution in [0.1, 0.15) is 18.9 Å². The van der Waals surface area contributed by atoms with Gasteiger partial charge in [-0.3, -0.25) is 0 Å². The molecule has 0 aliphatic rings. The average molecular weight is 261 g/mol. The summed E-state index contributed by atoms with van der Waals surface area (Å²) in [6, 6.07) is 16.2. The van der Waals surface area contributed by atoms with Gasteiger partial charge in [0.25, 0.3) is 0 Å². The van der Waals surface area contributed by atoms with Crippen LogP contribution in [0, 0.1) is 0 Å². The first-order valence-corrected chi connectivity index (χ1v) is 6.56. The van der Waals surface area contributed by atoms with Crippen molar-refractivity contribution in [2.24, 2.45) is 0 Å². The zero-order valence-corrected chi connectivity index (χ0v) is 11.2. The maximum atomic E-state index is 9.27. The van der Waals surface area contributed by atoms with Crippen LogP contribution in [0.2, 0.25) is 5.02 Å². The number of aliphatic hydroxyl groups is 1. The number of hydrogen-bond donors (Lipinski definition) is 1. The highest BCUT2D eigenvalue weighted by molar-refractivity contribution is 6.33. The maximum Gasteiger partial charge on any atom is 0.0515 e. The minimum atomic E-state index is -0.242. The molecule has 0 saturated carbocycles. The van der Waals surface area contributed by atoms with Gasteiger partial charge in [-0.15, -0.1) is 0 Å². The summed E-state index contributed by atoms with van der Waals surface area (Å²) in [5, 5.41) is 10.0. The highest BCUT2D eigenvalue weighted by Crippen LogP contribution is 2.27. The van der Waals surface area contributed by atoms with Gasteiger partial charge in [0.15, 0.2) is 0 Å². The molecule has 1 N–H and O–H groups in total. The van der Waals surface area contributed by atoms with Gasteiger partial charge in [0.2, 0.25) is 0 Å². The van der Waals surface area contributed by atoms with Crippen molar-refractivity contribution in [1.82, 2.24) is 0 Å². The molecule has 0 aromatic heterocycles. The molecule has 2 heteroatoms. The van der Waals surface area contributed by atoms with Crippen LogP contribution in [0.5, 0.6) is 0 Å². The molecular formula is C16H17ClO. The molecule has 0 radical (unpaired) electrons. The number of aryl methyl sites for hydroxylation is 1. The van der Waals surface area contributed by atoms with Crippen molar-refractivity contribution < 1.29 is 5.11 Å².